The van der Waals surface area contributed by atoms with Crippen molar-refractivity contribution in [2.24, 2.45) is 5.92 Å². The Labute approximate surface area is 229 Å². The van der Waals surface area contributed by atoms with E-state index in [4.69, 9.17) is 19.2 Å². The van der Waals surface area contributed by atoms with E-state index >= 15 is 0 Å². The molecule has 0 amide bonds. The van der Waals surface area contributed by atoms with E-state index in [0.717, 1.165) is 75.2 Å². The minimum atomic E-state index is -0.205. The Kier molecular flexibility index (Phi) is 11.8. The highest BCUT2D eigenvalue weighted by molar-refractivity contribution is 5.27. The van der Waals surface area contributed by atoms with Crippen LogP contribution in [0.25, 0.3) is 0 Å². The molecule has 0 atom stereocenters. The summed E-state index contributed by atoms with van der Waals surface area (Å²) in [6, 6.07) is 13.9. The zero-order chi connectivity index (χ0) is 26.6. The van der Waals surface area contributed by atoms with Gasteiger partial charge in [-0.05, 0) is 87.5 Å². The molecule has 0 saturated heterocycles. The Morgan fingerprint density at radius 3 is 2.37 bits per heavy atom. The van der Waals surface area contributed by atoms with Crippen LogP contribution in [0.4, 0.5) is 4.39 Å². The van der Waals surface area contributed by atoms with E-state index in [-0.39, 0.29) is 12.4 Å². The molecule has 0 aliphatic heterocycles. The summed E-state index contributed by atoms with van der Waals surface area (Å²) >= 11 is 0. The molecule has 0 spiro atoms. The van der Waals surface area contributed by atoms with Gasteiger partial charge in [0.05, 0.1) is 32.2 Å². The monoisotopic (exact) mass is 524 g/mol. The van der Waals surface area contributed by atoms with Gasteiger partial charge in [0.15, 0.2) is 0 Å². The maximum Gasteiger partial charge on any atom is 0.129 e. The Morgan fingerprint density at radius 2 is 1.63 bits per heavy atom. The molecule has 4 rings (SSSR count). The van der Waals surface area contributed by atoms with Gasteiger partial charge in [-0.1, -0.05) is 35.7 Å². The van der Waals surface area contributed by atoms with E-state index in [9.17, 15) is 4.39 Å². The first kappa shape index (κ1) is 28.9. The lowest BCUT2D eigenvalue weighted by molar-refractivity contribution is -0.305. The van der Waals surface area contributed by atoms with Crippen molar-refractivity contribution in [2.45, 2.75) is 96.2 Å². The van der Waals surface area contributed by atoms with Crippen molar-refractivity contribution < 1.29 is 23.6 Å². The Bertz CT molecular complexity index is 931. The highest BCUT2D eigenvalue weighted by atomic mass is 19.1. The normalized spacial score (nSPS) is 20.6. The fraction of sp³-hybridized carbons (Fsp3) is 0.576. The van der Waals surface area contributed by atoms with Gasteiger partial charge in [-0.25, -0.2) is 14.2 Å². The van der Waals surface area contributed by atoms with Crippen LogP contribution in [0.1, 0.15) is 93.2 Å². The van der Waals surface area contributed by atoms with E-state index in [1.165, 1.54) is 30.7 Å². The highest BCUT2D eigenvalue weighted by Crippen LogP contribution is 2.38. The van der Waals surface area contributed by atoms with E-state index in [1.807, 2.05) is 18.2 Å². The van der Waals surface area contributed by atoms with Crippen molar-refractivity contribution in [1.82, 2.24) is 0 Å². The number of rotatable bonds is 14. The standard InChI is InChI=1S/C33H45FO4/c1-25-6-16-31(17-7-25)35-20-3-5-27-10-12-28(13-11-27)29-14-15-30(33(34)23-29)24-38-37-22-4-21-36-32-18-8-26(2)9-19-32/h6-7,14-17,23,27-28,32H,2-5,8-13,18-22,24H2,1H3. The first-order valence-electron chi connectivity index (χ1n) is 14.6. The fourth-order valence-electron chi connectivity index (χ4n) is 5.61. The van der Waals surface area contributed by atoms with Crippen LogP contribution in [-0.4, -0.2) is 25.9 Å². The Hall–Kier alpha value is -2.08. The first-order valence-corrected chi connectivity index (χ1v) is 14.6. The SMILES string of the molecule is [CH2-][C+]1CCC(OCCCOOCc2ccc(C3CCC(CCCOc4ccc(C)cc4)CC3)cc2F)CC1. The molecular formula is C33H45FO4. The quantitative estimate of drug-likeness (QED) is 0.107. The van der Waals surface area contributed by atoms with E-state index in [1.54, 1.807) is 6.07 Å². The largest absolute Gasteiger partial charge is 0.494 e. The average molecular weight is 525 g/mol. The number of hydrogen-bond donors (Lipinski definition) is 0. The third-order valence-corrected chi connectivity index (χ3v) is 8.10. The maximum absolute atomic E-state index is 14.7. The smallest absolute Gasteiger partial charge is 0.129 e. The van der Waals surface area contributed by atoms with Gasteiger partial charge in [0.25, 0.3) is 0 Å². The van der Waals surface area contributed by atoms with Gasteiger partial charge in [0.1, 0.15) is 18.2 Å². The molecule has 0 unspecified atom stereocenters. The van der Waals surface area contributed by atoms with Gasteiger partial charge in [0.2, 0.25) is 0 Å². The van der Waals surface area contributed by atoms with Crippen LogP contribution in [0.2, 0.25) is 0 Å². The lowest BCUT2D eigenvalue weighted by Crippen LogP contribution is -2.20. The molecule has 2 aromatic carbocycles. The summed E-state index contributed by atoms with van der Waals surface area (Å²) in [4.78, 5) is 10.5. The molecule has 5 heteroatoms. The van der Waals surface area contributed by atoms with Gasteiger partial charge in [-0.15, -0.1) is 6.92 Å². The van der Waals surface area contributed by atoms with E-state index in [2.05, 4.69) is 32.0 Å². The first-order chi connectivity index (χ1) is 18.6. The minimum absolute atomic E-state index is 0.120. The molecule has 0 heterocycles. The third kappa shape index (κ3) is 9.59. The van der Waals surface area contributed by atoms with Crippen molar-refractivity contribution >= 4 is 0 Å². The summed E-state index contributed by atoms with van der Waals surface area (Å²) in [6.45, 7) is 8.12. The number of benzene rings is 2. The van der Waals surface area contributed by atoms with Crippen LogP contribution in [0.15, 0.2) is 42.5 Å². The van der Waals surface area contributed by atoms with Crippen molar-refractivity contribution in [2.75, 3.05) is 19.8 Å². The Morgan fingerprint density at radius 1 is 0.868 bits per heavy atom. The summed E-state index contributed by atoms with van der Waals surface area (Å²) in [7, 11) is 0. The predicted molar refractivity (Wildman–Crippen MR) is 149 cm³/mol. The topological polar surface area (TPSA) is 36.9 Å². The van der Waals surface area contributed by atoms with Crippen molar-refractivity contribution in [3.05, 3.63) is 77.8 Å². The number of halogens is 1. The van der Waals surface area contributed by atoms with Crippen molar-refractivity contribution in [3.8, 4) is 5.75 Å². The summed E-state index contributed by atoms with van der Waals surface area (Å²) < 4.78 is 26.5. The summed E-state index contributed by atoms with van der Waals surface area (Å²) in [6.07, 6.45) is 12.3. The van der Waals surface area contributed by atoms with Gasteiger partial charge >= 0.3 is 0 Å². The molecule has 208 valence electrons. The second-order valence-corrected chi connectivity index (χ2v) is 11.1. The molecule has 2 saturated carbocycles. The van der Waals surface area contributed by atoms with Gasteiger partial charge < -0.3 is 9.47 Å². The van der Waals surface area contributed by atoms with Crippen LogP contribution >= 0.6 is 0 Å². The summed E-state index contributed by atoms with van der Waals surface area (Å²) in [5.41, 5.74) is 2.90. The van der Waals surface area contributed by atoms with Crippen molar-refractivity contribution in [3.63, 3.8) is 0 Å². The van der Waals surface area contributed by atoms with Gasteiger partial charge in [0, 0.05) is 25.0 Å². The van der Waals surface area contributed by atoms with E-state index in [0.29, 0.717) is 30.8 Å². The lowest BCUT2D eigenvalue weighted by atomic mass is 9.77. The third-order valence-electron chi connectivity index (χ3n) is 8.10. The van der Waals surface area contributed by atoms with Crippen LogP contribution in [0, 0.1) is 31.5 Å². The van der Waals surface area contributed by atoms with Crippen molar-refractivity contribution in [1.29, 1.82) is 0 Å². The zero-order valence-electron chi connectivity index (χ0n) is 23.1. The molecule has 2 fully saturated rings. The van der Waals surface area contributed by atoms with Crippen LogP contribution in [0.3, 0.4) is 0 Å². The molecule has 38 heavy (non-hydrogen) atoms. The van der Waals surface area contributed by atoms with Crippen LogP contribution in [-0.2, 0) is 21.1 Å². The zero-order valence-corrected chi connectivity index (χ0v) is 23.1. The molecule has 0 N–H and O–H groups in total. The Balaban J connectivity index is 1.06. The molecule has 0 radical (unpaired) electrons. The van der Waals surface area contributed by atoms with Crippen LogP contribution < -0.4 is 4.74 Å². The lowest BCUT2D eigenvalue weighted by Gasteiger charge is -2.29. The van der Waals surface area contributed by atoms with E-state index < -0.39 is 0 Å². The number of hydrogen-bond acceptors (Lipinski definition) is 4. The van der Waals surface area contributed by atoms with Gasteiger partial charge in [-0.2, -0.15) is 0 Å². The van der Waals surface area contributed by atoms with Crippen LogP contribution in [0.5, 0.6) is 5.75 Å². The molecule has 0 bridgehead atoms. The molecule has 4 nitrogen and oxygen atoms in total. The second kappa shape index (κ2) is 15.5. The molecule has 2 aromatic rings. The molecule has 0 aromatic heterocycles. The predicted octanol–water partition coefficient (Wildman–Crippen LogP) is 8.47. The minimum Gasteiger partial charge on any atom is -0.494 e. The number of aryl methyl sites for hydroxylation is 1. The maximum atomic E-state index is 14.7. The average Bonchev–Trinajstić information content (AvgIpc) is 2.93. The molecular weight excluding hydrogens is 479 g/mol. The highest BCUT2D eigenvalue weighted by Gasteiger charge is 2.23. The second-order valence-electron chi connectivity index (χ2n) is 11.1. The summed E-state index contributed by atoms with van der Waals surface area (Å²) in [5, 5.41) is 0. The van der Waals surface area contributed by atoms with Gasteiger partial charge in [-0.3, -0.25) is 0 Å². The number of ether oxygens (including phenoxy) is 2. The molecule has 2 aliphatic rings. The molecule has 2 aliphatic carbocycles. The fourth-order valence-corrected chi connectivity index (χ4v) is 5.61. The summed E-state index contributed by atoms with van der Waals surface area (Å²) in [5.74, 6) is 3.27.